The molecule has 1 aromatic carbocycles. The lowest BCUT2D eigenvalue weighted by Gasteiger charge is -2.21. The number of hydrogen-bond acceptors (Lipinski definition) is 3. The third-order valence-electron chi connectivity index (χ3n) is 5.51. The van der Waals surface area contributed by atoms with Gasteiger partial charge in [-0.1, -0.05) is 30.3 Å². The van der Waals surface area contributed by atoms with Crippen LogP contribution in [0.5, 0.6) is 0 Å². The lowest BCUT2D eigenvalue weighted by molar-refractivity contribution is 0.472. The van der Waals surface area contributed by atoms with Gasteiger partial charge in [0.15, 0.2) is 5.96 Å². The number of aliphatic imine (C=N–C) groups is 1. The fourth-order valence-electron chi connectivity index (χ4n) is 3.94. The van der Waals surface area contributed by atoms with Crippen LogP contribution in [0.25, 0.3) is 0 Å². The van der Waals surface area contributed by atoms with Crippen LogP contribution in [-0.4, -0.2) is 36.5 Å². The van der Waals surface area contributed by atoms with Crippen LogP contribution in [0.1, 0.15) is 46.3 Å². The Balaban J connectivity index is 1.29. The number of hydrogen-bond donors (Lipinski definition) is 1. The highest BCUT2D eigenvalue weighted by molar-refractivity contribution is 7.11. The molecule has 0 radical (unpaired) electrons. The van der Waals surface area contributed by atoms with Gasteiger partial charge in [-0.15, -0.1) is 11.3 Å². The second-order valence-corrected chi connectivity index (χ2v) is 8.65. The first-order valence-electron chi connectivity index (χ1n) is 9.68. The van der Waals surface area contributed by atoms with Crippen molar-refractivity contribution in [3.63, 3.8) is 0 Å². The van der Waals surface area contributed by atoms with Crippen LogP contribution in [0, 0.1) is 5.92 Å². The highest BCUT2D eigenvalue weighted by Gasteiger charge is 2.38. The normalized spacial score (nSPS) is 22.0. The Kier molecular flexibility index (Phi) is 5.25. The van der Waals surface area contributed by atoms with Gasteiger partial charge in [0.25, 0.3) is 0 Å². The van der Waals surface area contributed by atoms with Gasteiger partial charge in [0, 0.05) is 25.5 Å². The minimum atomic E-state index is 0.706. The second kappa shape index (κ2) is 7.78. The molecule has 0 spiro atoms. The summed E-state index contributed by atoms with van der Waals surface area (Å²) in [4.78, 5) is 13.0. The zero-order valence-electron chi connectivity index (χ0n) is 15.7. The molecule has 0 bridgehead atoms. The molecule has 26 heavy (non-hydrogen) atoms. The van der Waals surface area contributed by atoms with E-state index in [1.165, 1.54) is 46.8 Å². The maximum Gasteiger partial charge on any atom is 0.193 e. The van der Waals surface area contributed by atoms with E-state index in [0.717, 1.165) is 31.4 Å². The van der Waals surface area contributed by atoms with Crippen molar-refractivity contribution < 1.29 is 0 Å². The van der Waals surface area contributed by atoms with Crippen molar-refractivity contribution in [3.05, 3.63) is 51.5 Å². The summed E-state index contributed by atoms with van der Waals surface area (Å²) in [5.74, 6) is 2.39. The van der Waals surface area contributed by atoms with E-state index in [4.69, 9.17) is 4.98 Å². The molecule has 2 aliphatic carbocycles. The van der Waals surface area contributed by atoms with Crippen LogP contribution in [0.15, 0.2) is 35.3 Å². The summed E-state index contributed by atoms with van der Waals surface area (Å²) in [6.07, 6.45) is 6.26. The van der Waals surface area contributed by atoms with E-state index < -0.39 is 0 Å². The average molecular weight is 369 g/mol. The molecule has 1 heterocycles. The van der Waals surface area contributed by atoms with Crippen LogP contribution < -0.4 is 5.32 Å². The number of rotatable bonds is 5. The van der Waals surface area contributed by atoms with Crippen LogP contribution in [0.2, 0.25) is 0 Å². The van der Waals surface area contributed by atoms with E-state index in [-0.39, 0.29) is 0 Å². The third-order valence-corrected chi connectivity index (χ3v) is 6.65. The van der Waals surface area contributed by atoms with Gasteiger partial charge < -0.3 is 10.2 Å². The molecule has 138 valence electrons. The van der Waals surface area contributed by atoms with E-state index in [0.29, 0.717) is 5.92 Å². The summed E-state index contributed by atoms with van der Waals surface area (Å²) in [5.41, 5.74) is 2.81. The van der Waals surface area contributed by atoms with Gasteiger partial charge in [-0.25, -0.2) is 4.98 Å². The molecule has 0 saturated heterocycles. The van der Waals surface area contributed by atoms with Gasteiger partial charge in [-0.3, -0.25) is 4.99 Å². The van der Waals surface area contributed by atoms with Crippen molar-refractivity contribution in [2.75, 3.05) is 20.6 Å². The maximum absolute atomic E-state index is 4.86. The molecular formula is C21H28N4S. The van der Waals surface area contributed by atoms with Crippen LogP contribution in [0.3, 0.4) is 0 Å². The Labute approximate surface area is 160 Å². The molecule has 4 rings (SSSR count). The largest absolute Gasteiger partial charge is 0.356 e. The number of thiazole rings is 1. The first-order valence-corrected chi connectivity index (χ1v) is 10.5. The van der Waals surface area contributed by atoms with Gasteiger partial charge in [0.05, 0.1) is 12.2 Å². The summed E-state index contributed by atoms with van der Waals surface area (Å²) < 4.78 is 0. The molecule has 2 aromatic rings. The Morgan fingerprint density at radius 3 is 2.85 bits per heavy atom. The number of fused-ring (bicyclic) bond motifs is 1. The van der Waals surface area contributed by atoms with E-state index in [9.17, 15) is 0 Å². The van der Waals surface area contributed by atoms with Gasteiger partial charge >= 0.3 is 0 Å². The lowest BCUT2D eigenvalue weighted by atomic mass is 10.0. The molecule has 4 nitrogen and oxygen atoms in total. The number of nitrogens with one attached hydrogen (secondary N) is 1. The number of guanidine groups is 1. The van der Waals surface area contributed by atoms with Gasteiger partial charge in [-0.05, 0) is 49.5 Å². The van der Waals surface area contributed by atoms with Crippen molar-refractivity contribution >= 4 is 17.3 Å². The zero-order chi connectivity index (χ0) is 17.9. The Bertz CT molecular complexity index is 744. The lowest BCUT2D eigenvalue weighted by Crippen LogP contribution is -2.39. The average Bonchev–Trinajstić information content (AvgIpc) is 3.33. The topological polar surface area (TPSA) is 40.5 Å². The molecule has 1 saturated carbocycles. The minimum Gasteiger partial charge on any atom is -0.356 e. The zero-order valence-corrected chi connectivity index (χ0v) is 16.6. The maximum atomic E-state index is 4.86. The predicted octanol–water partition coefficient (Wildman–Crippen LogP) is 3.83. The Morgan fingerprint density at radius 2 is 2.08 bits per heavy atom. The summed E-state index contributed by atoms with van der Waals surface area (Å²) >= 11 is 1.89. The van der Waals surface area contributed by atoms with Crippen molar-refractivity contribution in [2.24, 2.45) is 10.9 Å². The second-order valence-electron chi connectivity index (χ2n) is 7.48. The quantitative estimate of drug-likeness (QED) is 0.644. The summed E-state index contributed by atoms with van der Waals surface area (Å²) in [6.45, 7) is 1.83. The molecule has 0 amide bonds. The summed E-state index contributed by atoms with van der Waals surface area (Å²) in [7, 11) is 3.98. The molecule has 2 aliphatic rings. The molecule has 1 aromatic heterocycles. The number of benzene rings is 1. The number of aryl methyl sites for hydroxylation is 2. The summed E-state index contributed by atoms with van der Waals surface area (Å²) in [5, 5.41) is 4.78. The highest BCUT2D eigenvalue weighted by atomic mass is 32.1. The molecular weight excluding hydrogens is 340 g/mol. The summed E-state index contributed by atoms with van der Waals surface area (Å²) in [6, 6.07) is 10.9. The fourth-order valence-corrected chi connectivity index (χ4v) is 5.15. The highest BCUT2D eigenvalue weighted by Crippen LogP contribution is 2.46. The van der Waals surface area contributed by atoms with Crippen molar-refractivity contribution in [1.82, 2.24) is 15.2 Å². The van der Waals surface area contributed by atoms with Crippen LogP contribution in [-0.2, 0) is 19.4 Å². The minimum absolute atomic E-state index is 0.706. The fraction of sp³-hybridized carbons (Fsp3) is 0.524. The smallest absolute Gasteiger partial charge is 0.193 e. The Morgan fingerprint density at radius 1 is 1.27 bits per heavy atom. The molecule has 1 N–H and O–H groups in total. The molecule has 5 heteroatoms. The van der Waals surface area contributed by atoms with Gasteiger partial charge in [0.2, 0.25) is 0 Å². The first-order chi connectivity index (χ1) is 12.7. The molecule has 1 fully saturated rings. The van der Waals surface area contributed by atoms with Crippen molar-refractivity contribution in [2.45, 2.75) is 44.6 Å². The molecule has 2 atom stereocenters. The third kappa shape index (κ3) is 3.93. The first kappa shape index (κ1) is 17.5. The standard InChI is InChI=1S/C21H28N4S/c1-22-21(23-13-16-12-17(16)15-8-4-3-5-9-15)25(2)14-20-24-18-10-6-7-11-19(18)26-20/h3-5,8-9,16-17H,6-7,10-14H2,1-2H3,(H,22,23). The SMILES string of the molecule is CN=C(NCC1CC1c1ccccc1)N(C)Cc1nc2c(s1)CCCC2. The molecule has 2 unspecified atom stereocenters. The Hall–Kier alpha value is -1.88. The number of nitrogens with zero attached hydrogens (tertiary/aromatic N) is 3. The van der Waals surface area contributed by atoms with Crippen LogP contribution >= 0.6 is 11.3 Å². The van der Waals surface area contributed by atoms with Gasteiger partial charge in [0.1, 0.15) is 5.01 Å². The van der Waals surface area contributed by atoms with E-state index in [1.807, 2.05) is 18.4 Å². The van der Waals surface area contributed by atoms with Gasteiger partial charge in [-0.2, -0.15) is 0 Å². The van der Waals surface area contributed by atoms with E-state index >= 15 is 0 Å². The van der Waals surface area contributed by atoms with E-state index in [1.54, 1.807) is 0 Å². The predicted molar refractivity (Wildman–Crippen MR) is 109 cm³/mol. The molecule has 0 aliphatic heterocycles. The van der Waals surface area contributed by atoms with Crippen LogP contribution in [0.4, 0.5) is 0 Å². The van der Waals surface area contributed by atoms with Crippen molar-refractivity contribution in [1.29, 1.82) is 0 Å². The van der Waals surface area contributed by atoms with Crippen molar-refractivity contribution in [3.8, 4) is 0 Å². The monoisotopic (exact) mass is 368 g/mol. The van der Waals surface area contributed by atoms with E-state index in [2.05, 4.69) is 52.6 Å². The number of aromatic nitrogens is 1.